The number of halogens is 2. The van der Waals surface area contributed by atoms with E-state index in [1.807, 2.05) is 6.07 Å². The quantitative estimate of drug-likeness (QED) is 0.899. The van der Waals surface area contributed by atoms with Crippen LogP contribution in [0.1, 0.15) is 23.5 Å². The molecular formula is C13H14BrFN2S. The summed E-state index contributed by atoms with van der Waals surface area (Å²) in [5.74, 6) is -0.300. The minimum absolute atomic E-state index is 0.116. The van der Waals surface area contributed by atoms with Gasteiger partial charge in [-0.15, -0.1) is 11.3 Å². The number of thiophene rings is 1. The Balaban J connectivity index is 2.18. The van der Waals surface area contributed by atoms with Crippen molar-refractivity contribution in [1.29, 1.82) is 0 Å². The molecule has 0 radical (unpaired) electrons. The molecule has 0 saturated heterocycles. The van der Waals surface area contributed by atoms with Gasteiger partial charge >= 0.3 is 0 Å². The molecule has 0 aliphatic heterocycles. The summed E-state index contributed by atoms with van der Waals surface area (Å²) in [5, 5.41) is 5.44. The molecule has 1 N–H and O–H groups in total. The summed E-state index contributed by atoms with van der Waals surface area (Å²) in [4.78, 5) is 5.43. The highest BCUT2D eigenvalue weighted by molar-refractivity contribution is 9.10. The van der Waals surface area contributed by atoms with E-state index in [0.717, 1.165) is 23.1 Å². The third-order valence-electron chi connectivity index (χ3n) is 2.64. The van der Waals surface area contributed by atoms with Crippen LogP contribution in [0.4, 0.5) is 4.39 Å². The maximum Gasteiger partial charge on any atom is 0.141 e. The first kappa shape index (κ1) is 13.6. The maximum atomic E-state index is 12.9. The van der Waals surface area contributed by atoms with Crippen LogP contribution < -0.4 is 5.32 Å². The molecule has 0 bridgehead atoms. The Morgan fingerprint density at radius 2 is 2.28 bits per heavy atom. The minimum Gasteiger partial charge on any atom is -0.309 e. The second-order valence-corrected chi connectivity index (χ2v) is 5.76. The van der Waals surface area contributed by atoms with Gasteiger partial charge in [0.25, 0.3) is 0 Å². The number of hydrogen-bond acceptors (Lipinski definition) is 3. The molecule has 0 fully saturated rings. The topological polar surface area (TPSA) is 24.9 Å². The van der Waals surface area contributed by atoms with Gasteiger partial charge < -0.3 is 5.32 Å². The zero-order chi connectivity index (χ0) is 13.0. The van der Waals surface area contributed by atoms with E-state index in [-0.39, 0.29) is 11.9 Å². The molecule has 1 atom stereocenters. The Labute approximate surface area is 118 Å². The standard InChI is InChI=1S/C13H14BrFN2S/c1-2-16-12(7-13-10(14)5-6-18-13)11-4-3-9(15)8-17-11/h3-6,8,12,16H,2,7H2,1H3. The van der Waals surface area contributed by atoms with Gasteiger partial charge in [-0.25, -0.2) is 4.39 Å². The molecule has 2 aromatic rings. The van der Waals surface area contributed by atoms with Crippen LogP contribution in [0.3, 0.4) is 0 Å². The van der Waals surface area contributed by atoms with E-state index in [1.54, 1.807) is 17.4 Å². The van der Waals surface area contributed by atoms with Gasteiger partial charge in [0, 0.05) is 15.8 Å². The van der Waals surface area contributed by atoms with Gasteiger partial charge in [0.1, 0.15) is 5.82 Å². The molecule has 18 heavy (non-hydrogen) atoms. The molecule has 2 nitrogen and oxygen atoms in total. The molecule has 0 saturated carbocycles. The summed E-state index contributed by atoms with van der Waals surface area (Å²) in [7, 11) is 0. The molecule has 2 aromatic heterocycles. The van der Waals surface area contributed by atoms with Crippen molar-refractivity contribution in [2.75, 3.05) is 6.54 Å². The van der Waals surface area contributed by atoms with Gasteiger partial charge in [-0.2, -0.15) is 0 Å². The zero-order valence-electron chi connectivity index (χ0n) is 9.99. The van der Waals surface area contributed by atoms with E-state index >= 15 is 0 Å². The fourth-order valence-corrected chi connectivity index (χ4v) is 3.34. The largest absolute Gasteiger partial charge is 0.309 e. The van der Waals surface area contributed by atoms with Crippen molar-refractivity contribution >= 4 is 27.3 Å². The highest BCUT2D eigenvalue weighted by atomic mass is 79.9. The van der Waals surface area contributed by atoms with E-state index in [0.29, 0.717) is 0 Å². The van der Waals surface area contributed by atoms with E-state index in [2.05, 4.69) is 38.5 Å². The molecule has 0 spiro atoms. The summed E-state index contributed by atoms with van der Waals surface area (Å²) in [6.45, 7) is 2.91. The summed E-state index contributed by atoms with van der Waals surface area (Å²) in [6, 6.07) is 5.35. The van der Waals surface area contributed by atoms with Gasteiger partial charge in [-0.1, -0.05) is 6.92 Å². The van der Waals surface area contributed by atoms with Gasteiger partial charge in [-0.05, 0) is 46.1 Å². The number of nitrogens with zero attached hydrogens (tertiary/aromatic N) is 1. The van der Waals surface area contributed by atoms with Gasteiger partial charge in [0.15, 0.2) is 0 Å². The normalized spacial score (nSPS) is 12.6. The van der Waals surface area contributed by atoms with Crippen LogP contribution in [0.15, 0.2) is 34.2 Å². The molecule has 96 valence electrons. The Morgan fingerprint density at radius 1 is 1.44 bits per heavy atom. The number of hydrogen-bond donors (Lipinski definition) is 1. The van der Waals surface area contributed by atoms with Crippen LogP contribution in [0.25, 0.3) is 0 Å². The Kier molecular flexibility index (Phi) is 4.86. The van der Waals surface area contributed by atoms with Crippen LogP contribution in [0, 0.1) is 5.82 Å². The average molecular weight is 329 g/mol. The fraction of sp³-hybridized carbons (Fsp3) is 0.308. The third-order valence-corrected chi connectivity index (χ3v) is 4.59. The number of aromatic nitrogens is 1. The molecule has 0 aliphatic rings. The van der Waals surface area contributed by atoms with Crippen LogP contribution in [-0.4, -0.2) is 11.5 Å². The van der Waals surface area contributed by atoms with Crippen molar-refractivity contribution in [3.8, 4) is 0 Å². The van der Waals surface area contributed by atoms with Crippen LogP contribution in [0.2, 0.25) is 0 Å². The second kappa shape index (κ2) is 6.41. The van der Waals surface area contributed by atoms with E-state index in [1.165, 1.54) is 17.1 Å². The first-order chi connectivity index (χ1) is 8.70. The lowest BCUT2D eigenvalue weighted by Crippen LogP contribution is -2.23. The second-order valence-electron chi connectivity index (χ2n) is 3.91. The average Bonchev–Trinajstić information content (AvgIpc) is 2.76. The first-order valence-corrected chi connectivity index (χ1v) is 7.44. The highest BCUT2D eigenvalue weighted by Gasteiger charge is 2.15. The lowest BCUT2D eigenvalue weighted by molar-refractivity contribution is 0.534. The molecule has 0 aliphatic carbocycles. The number of pyridine rings is 1. The summed E-state index contributed by atoms with van der Waals surface area (Å²) in [5.41, 5.74) is 0.874. The van der Waals surface area contributed by atoms with Crippen molar-refractivity contribution in [2.45, 2.75) is 19.4 Å². The monoisotopic (exact) mass is 328 g/mol. The maximum absolute atomic E-state index is 12.9. The smallest absolute Gasteiger partial charge is 0.141 e. The van der Waals surface area contributed by atoms with Crippen molar-refractivity contribution in [1.82, 2.24) is 10.3 Å². The predicted octanol–water partition coefficient (Wildman–Crippen LogP) is 3.94. The van der Waals surface area contributed by atoms with E-state index < -0.39 is 0 Å². The third kappa shape index (κ3) is 3.37. The van der Waals surface area contributed by atoms with Gasteiger partial charge in [0.2, 0.25) is 0 Å². The zero-order valence-corrected chi connectivity index (χ0v) is 12.4. The minimum atomic E-state index is -0.300. The molecule has 2 heterocycles. The van der Waals surface area contributed by atoms with E-state index in [4.69, 9.17) is 0 Å². The SMILES string of the molecule is CCNC(Cc1sccc1Br)c1ccc(F)cn1. The molecule has 5 heteroatoms. The number of nitrogens with one attached hydrogen (secondary N) is 1. The molecule has 0 aromatic carbocycles. The Hall–Kier alpha value is -0.780. The van der Waals surface area contributed by atoms with Crippen molar-refractivity contribution in [3.05, 3.63) is 50.6 Å². The van der Waals surface area contributed by atoms with Crippen LogP contribution in [0.5, 0.6) is 0 Å². The summed E-state index contributed by atoms with van der Waals surface area (Å²) < 4.78 is 14.0. The number of rotatable bonds is 5. The van der Waals surface area contributed by atoms with Gasteiger partial charge in [-0.3, -0.25) is 4.98 Å². The molecule has 2 rings (SSSR count). The Bertz CT molecular complexity index is 498. The van der Waals surface area contributed by atoms with Crippen molar-refractivity contribution in [3.63, 3.8) is 0 Å². The highest BCUT2D eigenvalue weighted by Crippen LogP contribution is 2.27. The summed E-state index contributed by atoms with van der Waals surface area (Å²) >= 11 is 5.25. The molecule has 0 amide bonds. The lowest BCUT2D eigenvalue weighted by Gasteiger charge is -2.16. The number of likely N-dealkylation sites (N-methyl/N-ethyl adjacent to an activating group) is 1. The predicted molar refractivity (Wildman–Crippen MR) is 76.3 cm³/mol. The summed E-state index contributed by atoms with van der Waals surface area (Å²) in [6.07, 6.45) is 2.12. The lowest BCUT2D eigenvalue weighted by atomic mass is 10.1. The van der Waals surface area contributed by atoms with E-state index in [9.17, 15) is 4.39 Å². The molecule has 1 unspecified atom stereocenters. The van der Waals surface area contributed by atoms with Crippen LogP contribution in [-0.2, 0) is 6.42 Å². The van der Waals surface area contributed by atoms with Gasteiger partial charge in [0.05, 0.1) is 17.9 Å². The fourth-order valence-electron chi connectivity index (χ4n) is 1.78. The van der Waals surface area contributed by atoms with Crippen LogP contribution >= 0.6 is 27.3 Å². The molecular weight excluding hydrogens is 315 g/mol. The Morgan fingerprint density at radius 3 is 2.83 bits per heavy atom. The first-order valence-electron chi connectivity index (χ1n) is 5.77. The van der Waals surface area contributed by atoms with Crippen molar-refractivity contribution in [2.24, 2.45) is 0 Å². The van der Waals surface area contributed by atoms with Crippen molar-refractivity contribution < 1.29 is 4.39 Å².